The minimum Gasteiger partial charge on any atom is -0.299 e. The molecule has 0 bridgehead atoms. The molecule has 0 aliphatic heterocycles. The number of hydrogen-bond donors (Lipinski definition) is 0. The molecule has 0 saturated carbocycles. The molecule has 3 heteroatoms. The van der Waals surface area contributed by atoms with Gasteiger partial charge in [-0.3, -0.25) is 4.79 Å². The Kier molecular flexibility index (Phi) is 4.06. The van der Waals surface area contributed by atoms with Gasteiger partial charge in [0.25, 0.3) is 0 Å². The summed E-state index contributed by atoms with van der Waals surface area (Å²) in [5, 5.41) is 0.475. The van der Waals surface area contributed by atoms with Gasteiger partial charge in [0.15, 0.2) is 0 Å². The Morgan fingerprint density at radius 2 is 2.00 bits per heavy atom. The van der Waals surface area contributed by atoms with Crippen LogP contribution in [0.1, 0.15) is 5.56 Å². The Balaban J connectivity index is 2.91. The zero-order chi connectivity index (χ0) is 9.68. The summed E-state index contributed by atoms with van der Waals surface area (Å²) in [5.41, 5.74) is 0.867. The SMILES string of the molecule is CSc1ccc(C(Cl)=CC=O)cc1. The number of aldehydes is 1. The van der Waals surface area contributed by atoms with Crippen LogP contribution in [-0.4, -0.2) is 12.5 Å². The lowest BCUT2D eigenvalue weighted by Crippen LogP contribution is -1.77. The molecular weight excluding hydrogens is 204 g/mol. The fourth-order valence-electron chi connectivity index (χ4n) is 0.906. The second-order valence-corrected chi connectivity index (χ2v) is 3.67. The van der Waals surface area contributed by atoms with Gasteiger partial charge >= 0.3 is 0 Å². The van der Waals surface area contributed by atoms with Crippen LogP contribution in [0.15, 0.2) is 35.2 Å². The highest BCUT2D eigenvalue weighted by Gasteiger charge is 1.96. The van der Waals surface area contributed by atoms with Gasteiger partial charge in [0, 0.05) is 4.90 Å². The Hall–Kier alpha value is -0.730. The van der Waals surface area contributed by atoms with Crippen molar-refractivity contribution in [2.24, 2.45) is 0 Å². The van der Waals surface area contributed by atoms with E-state index in [2.05, 4.69) is 0 Å². The molecule has 0 fully saturated rings. The molecule has 13 heavy (non-hydrogen) atoms. The largest absolute Gasteiger partial charge is 0.299 e. The quantitative estimate of drug-likeness (QED) is 0.435. The van der Waals surface area contributed by atoms with E-state index in [1.165, 1.54) is 11.0 Å². The second kappa shape index (κ2) is 5.10. The van der Waals surface area contributed by atoms with Crippen molar-refractivity contribution in [1.29, 1.82) is 0 Å². The van der Waals surface area contributed by atoms with Crippen LogP contribution in [0.4, 0.5) is 0 Å². The molecule has 1 aromatic rings. The van der Waals surface area contributed by atoms with E-state index >= 15 is 0 Å². The number of carbonyl (C=O) groups excluding carboxylic acids is 1. The van der Waals surface area contributed by atoms with Crippen LogP contribution in [-0.2, 0) is 4.79 Å². The third-order valence-corrected chi connectivity index (χ3v) is 2.67. The Bertz CT molecular complexity index is 316. The first-order valence-corrected chi connectivity index (χ1v) is 5.33. The molecule has 68 valence electrons. The van der Waals surface area contributed by atoms with Crippen LogP contribution in [0.5, 0.6) is 0 Å². The van der Waals surface area contributed by atoms with Gasteiger partial charge in [-0.25, -0.2) is 0 Å². The molecule has 0 saturated heterocycles. The molecule has 0 heterocycles. The highest BCUT2D eigenvalue weighted by atomic mass is 35.5. The summed E-state index contributed by atoms with van der Waals surface area (Å²) in [7, 11) is 0. The van der Waals surface area contributed by atoms with Crippen molar-refractivity contribution < 1.29 is 4.79 Å². The monoisotopic (exact) mass is 212 g/mol. The smallest absolute Gasteiger partial charge is 0.144 e. The van der Waals surface area contributed by atoms with E-state index in [4.69, 9.17) is 11.6 Å². The molecule has 0 spiro atoms. The van der Waals surface area contributed by atoms with E-state index < -0.39 is 0 Å². The number of carbonyl (C=O) groups is 1. The molecule has 0 aliphatic rings. The number of allylic oxidation sites excluding steroid dienone is 1. The van der Waals surface area contributed by atoms with E-state index in [0.717, 1.165) is 5.56 Å². The summed E-state index contributed by atoms with van der Waals surface area (Å²) in [5.74, 6) is 0. The minimum absolute atomic E-state index is 0.475. The van der Waals surface area contributed by atoms with Gasteiger partial charge in [0.1, 0.15) is 6.29 Å². The molecule has 0 aromatic heterocycles. The summed E-state index contributed by atoms with van der Waals surface area (Å²) >= 11 is 7.50. The normalized spacial score (nSPS) is 11.4. The predicted octanol–water partition coefficient (Wildman–Crippen LogP) is 3.19. The van der Waals surface area contributed by atoms with Gasteiger partial charge in [-0.2, -0.15) is 0 Å². The van der Waals surface area contributed by atoms with Crippen LogP contribution in [0, 0.1) is 0 Å². The lowest BCUT2D eigenvalue weighted by Gasteiger charge is -1.99. The molecule has 0 radical (unpaired) electrons. The molecule has 0 amide bonds. The van der Waals surface area contributed by atoms with Gasteiger partial charge in [-0.1, -0.05) is 23.7 Å². The standard InChI is InChI=1S/C10H9ClOS/c1-13-9-4-2-8(3-5-9)10(11)6-7-12/h2-7H,1H3. The van der Waals surface area contributed by atoms with Gasteiger partial charge in [0.05, 0.1) is 5.03 Å². The Labute approximate surface area is 86.8 Å². The first kappa shape index (κ1) is 10.4. The van der Waals surface area contributed by atoms with E-state index in [1.54, 1.807) is 11.8 Å². The topological polar surface area (TPSA) is 17.1 Å². The maximum atomic E-state index is 10.1. The van der Waals surface area contributed by atoms with Crippen molar-refractivity contribution in [2.45, 2.75) is 4.90 Å². The van der Waals surface area contributed by atoms with Gasteiger partial charge in [-0.15, -0.1) is 11.8 Å². The highest BCUT2D eigenvalue weighted by molar-refractivity contribution is 7.98. The van der Waals surface area contributed by atoms with E-state index in [9.17, 15) is 4.79 Å². The zero-order valence-electron chi connectivity index (χ0n) is 7.16. The summed E-state index contributed by atoms with van der Waals surface area (Å²) in [6.45, 7) is 0. The molecule has 1 nitrogen and oxygen atoms in total. The molecular formula is C10H9ClOS. The van der Waals surface area contributed by atoms with Crippen LogP contribution >= 0.6 is 23.4 Å². The van der Waals surface area contributed by atoms with Gasteiger partial charge < -0.3 is 0 Å². The van der Waals surface area contributed by atoms with E-state index in [1.807, 2.05) is 30.5 Å². The summed E-state index contributed by atoms with van der Waals surface area (Å²) < 4.78 is 0. The Morgan fingerprint density at radius 1 is 1.38 bits per heavy atom. The molecule has 0 aliphatic carbocycles. The average molecular weight is 213 g/mol. The van der Waals surface area contributed by atoms with Crippen molar-refractivity contribution in [3.63, 3.8) is 0 Å². The Morgan fingerprint density at radius 3 is 2.46 bits per heavy atom. The molecule has 0 N–H and O–H groups in total. The number of hydrogen-bond acceptors (Lipinski definition) is 2. The zero-order valence-corrected chi connectivity index (χ0v) is 8.73. The molecule has 0 unspecified atom stereocenters. The molecule has 1 aromatic carbocycles. The predicted molar refractivity (Wildman–Crippen MR) is 58.1 cm³/mol. The van der Waals surface area contributed by atoms with E-state index in [0.29, 0.717) is 11.3 Å². The minimum atomic E-state index is 0.475. The van der Waals surface area contributed by atoms with Crippen molar-refractivity contribution in [2.75, 3.05) is 6.26 Å². The second-order valence-electron chi connectivity index (χ2n) is 2.38. The van der Waals surface area contributed by atoms with Crippen LogP contribution in [0.2, 0.25) is 0 Å². The number of halogens is 1. The lowest BCUT2D eigenvalue weighted by molar-refractivity contribution is -0.104. The fourth-order valence-corrected chi connectivity index (χ4v) is 1.49. The van der Waals surface area contributed by atoms with Gasteiger partial charge in [-0.05, 0) is 30.0 Å². The van der Waals surface area contributed by atoms with Crippen LogP contribution in [0.25, 0.3) is 5.03 Å². The van der Waals surface area contributed by atoms with Crippen LogP contribution < -0.4 is 0 Å². The molecule has 1 rings (SSSR count). The average Bonchev–Trinajstić information content (AvgIpc) is 2.18. The van der Waals surface area contributed by atoms with Crippen LogP contribution in [0.3, 0.4) is 0 Å². The number of rotatable bonds is 3. The number of benzene rings is 1. The fraction of sp³-hybridized carbons (Fsp3) is 0.100. The first-order chi connectivity index (χ1) is 6.27. The molecule has 0 atom stereocenters. The highest BCUT2D eigenvalue weighted by Crippen LogP contribution is 2.21. The third kappa shape index (κ3) is 2.90. The number of thioether (sulfide) groups is 1. The first-order valence-electron chi connectivity index (χ1n) is 3.73. The lowest BCUT2D eigenvalue weighted by atomic mass is 10.2. The summed E-state index contributed by atoms with van der Waals surface area (Å²) in [6.07, 6.45) is 4.04. The third-order valence-electron chi connectivity index (χ3n) is 1.58. The summed E-state index contributed by atoms with van der Waals surface area (Å²) in [4.78, 5) is 11.3. The maximum Gasteiger partial charge on any atom is 0.144 e. The summed E-state index contributed by atoms with van der Waals surface area (Å²) in [6, 6.07) is 7.74. The van der Waals surface area contributed by atoms with Crippen molar-refractivity contribution in [3.05, 3.63) is 35.9 Å². The maximum absolute atomic E-state index is 10.1. The van der Waals surface area contributed by atoms with E-state index in [-0.39, 0.29) is 0 Å². The van der Waals surface area contributed by atoms with Crippen molar-refractivity contribution in [1.82, 2.24) is 0 Å². The van der Waals surface area contributed by atoms with Crippen molar-refractivity contribution >= 4 is 34.7 Å². The van der Waals surface area contributed by atoms with Crippen molar-refractivity contribution in [3.8, 4) is 0 Å². The van der Waals surface area contributed by atoms with Gasteiger partial charge in [0.2, 0.25) is 0 Å².